The Balaban J connectivity index is 1.30. The lowest BCUT2D eigenvalue weighted by molar-refractivity contribution is 0.556. The van der Waals surface area contributed by atoms with Crippen LogP contribution in [0, 0.1) is 0 Å². The Morgan fingerprint density at radius 3 is 1.86 bits per heavy atom. The molecule has 1 atom stereocenters. The third-order valence-corrected chi connectivity index (χ3v) is 11.8. The number of para-hydroxylation sites is 3. The smallest absolute Gasteiger partial charge is 0.0748 e. The van der Waals surface area contributed by atoms with Crippen molar-refractivity contribution in [3.8, 4) is 16.8 Å². The summed E-state index contributed by atoms with van der Waals surface area (Å²) in [6.07, 6.45) is 0. The van der Waals surface area contributed by atoms with Crippen LogP contribution >= 0.6 is 0 Å². The average Bonchev–Trinajstić information content (AvgIpc) is 3.50. The molecular formula is C48H33N. The maximum atomic E-state index is 2.53. The number of nitrogens with zero attached hydrogens (tertiary/aromatic N) is 1. The van der Waals surface area contributed by atoms with E-state index < -0.39 is 5.41 Å². The number of benzene rings is 8. The summed E-state index contributed by atoms with van der Waals surface area (Å²) < 4.78 is 2.53. The Kier molecular flexibility index (Phi) is 5.17. The number of hydrogen-bond donors (Lipinski definition) is 0. The van der Waals surface area contributed by atoms with Gasteiger partial charge in [0.25, 0.3) is 0 Å². The molecule has 9 aromatic rings. The molecule has 1 spiro atoms. The molecule has 2 heterocycles. The minimum atomic E-state index is -0.499. The highest BCUT2D eigenvalue weighted by atomic mass is 15.0. The van der Waals surface area contributed by atoms with Gasteiger partial charge in [-0.25, -0.2) is 0 Å². The highest BCUT2D eigenvalue weighted by molar-refractivity contribution is 6.12. The van der Waals surface area contributed by atoms with E-state index in [0.717, 1.165) is 0 Å². The molecule has 8 aromatic carbocycles. The van der Waals surface area contributed by atoms with Crippen molar-refractivity contribution in [2.24, 2.45) is 0 Å². The Morgan fingerprint density at radius 2 is 0.980 bits per heavy atom. The summed E-state index contributed by atoms with van der Waals surface area (Å²) in [6, 6.07) is 61.9. The van der Waals surface area contributed by atoms with E-state index in [4.69, 9.17) is 0 Å². The van der Waals surface area contributed by atoms with Gasteiger partial charge in [-0.2, -0.15) is 0 Å². The van der Waals surface area contributed by atoms with Crippen LogP contribution in [-0.2, 0) is 10.8 Å². The molecular weight excluding hydrogens is 591 g/mol. The predicted molar refractivity (Wildman–Crippen MR) is 205 cm³/mol. The topological polar surface area (TPSA) is 4.93 Å². The fourth-order valence-electron chi connectivity index (χ4n) is 9.69. The first kappa shape index (κ1) is 27.1. The Hall–Kier alpha value is -5.92. The zero-order chi connectivity index (χ0) is 32.5. The van der Waals surface area contributed by atoms with Crippen LogP contribution in [0.1, 0.15) is 47.2 Å². The quantitative estimate of drug-likeness (QED) is 0.160. The number of hydrogen-bond acceptors (Lipinski definition) is 0. The Bertz CT molecular complexity index is 2870. The van der Waals surface area contributed by atoms with Gasteiger partial charge in [-0.3, -0.25) is 0 Å². The van der Waals surface area contributed by atoms with Crippen LogP contribution < -0.4 is 0 Å². The van der Waals surface area contributed by atoms with Crippen LogP contribution in [0.3, 0.4) is 0 Å². The second kappa shape index (κ2) is 9.36. The SMILES string of the molecule is CC1(C)c2ccccc2C2(c3ccccc3-n3c4ccccc4c4cccc2c43)c2cc(-c3ccc4ccc5ccccc5c4c3)ccc21. The molecule has 0 saturated carbocycles. The van der Waals surface area contributed by atoms with Gasteiger partial charge in [0.1, 0.15) is 0 Å². The van der Waals surface area contributed by atoms with Gasteiger partial charge < -0.3 is 4.57 Å². The third-order valence-electron chi connectivity index (χ3n) is 11.8. The van der Waals surface area contributed by atoms with Crippen LogP contribution in [0.25, 0.3) is 60.2 Å². The summed E-state index contributed by atoms with van der Waals surface area (Å²) in [5, 5.41) is 7.75. The van der Waals surface area contributed by atoms with Crippen LogP contribution in [-0.4, -0.2) is 4.57 Å². The second-order valence-electron chi connectivity index (χ2n) is 14.5. The van der Waals surface area contributed by atoms with E-state index >= 15 is 0 Å². The standard InChI is InChI=1S/C48H33N/c1-47(2)38-16-6-7-17-40(38)48(41-18-8-10-21-45(41)49-44-20-9-5-14-35(44)36-15-11-19-42(48)46(36)49)43-29-33(26-27-39(43)47)32-25-24-31-23-22-30-12-3-4-13-34(30)37(31)28-32/h3-29H,1-2H3. The zero-order valence-electron chi connectivity index (χ0n) is 27.5. The first-order valence-electron chi connectivity index (χ1n) is 17.4. The van der Waals surface area contributed by atoms with E-state index in [1.807, 2.05) is 0 Å². The molecule has 0 bridgehead atoms. The molecule has 1 nitrogen and oxygen atoms in total. The zero-order valence-corrected chi connectivity index (χ0v) is 27.5. The summed E-state index contributed by atoms with van der Waals surface area (Å²) in [7, 11) is 0. The molecule has 0 N–H and O–H groups in total. The first-order chi connectivity index (χ1) is 24.1. The summed E-state index contributed by atoms with van der Waals surface area (Å²) in [6.45, 7) is 4.82. The molecule has 49 heavy (non-hydrogen) atoms. The molecule has 1 aliphatic carbocycles. The minimum absolute atomic E-state index is 0.178. The normalized spacial score (nSPS) is 17.0. The lowest BCUT2D eigenvalue weighted by atomic mass is 9.53. The number of rotatable bonds is 1. The van der Waals surface area contributed by atoms with E-state index in [0.29, 0.717) is 0 Å². The van der Waals surface area contributed by atoms with Gasteiger partial charge in [-0.15, -0.1) is 0 Å². The van der Waals surface area contributed by atoms with Crippen molar-refractivity contribution >= 4 is 43.4 Å². The largest absolute Gasteiger partial charge is 0.309 e. The molecule has 230 valence electrons. The van der Waals surface area contributed by atoms with Gasteiger partial charge in [0, 0.05) is 16.2 Å². The van der Waals surface area contributed by atoms with Crippen molar-refractivity contribution in [1.82, 2.24) is 4.57 Å². The minimum Gasteiger partial charge on any atom is -0.309 e. The third kappa shape index (κ3) is 3.30. The van der Waals surface area contributed by atoms with Gasteiger partial charge in [0.2, 0.25) is 0 Å². The van der Waals surface area contributed by atoms with E-state index in [1.54, 1.807) is 0 Å². The second-order valence-corrected chi connectivity index (χ2v) is 14.5. The van der Waals surface area contributed by atoms with Gasteiger partial charge in [-0.05, 0) is 90.3 Å². The van der Waals surface area contributed by atoms with Gasteiger partial charge in [0.15, 0.2) is 0 Å². The molecule has 0 fully saturated rings. The summed E-state index contributed by atoms with van der Waals surface area (Å²) in [4.78, 5) is 0. The van der Waals surface area contributed by atoms with Gasteiger partial charge in [0.05, 0.1) is 22.1 Å². The van der Waals surface area contributed by atoms with Crippen LogP contribution in [0.4, 0.5) is 0 Å². The summed E-state index contributed by atoms with van der Waals surface area (Å²) in [5.41, 5.74) is 13.9. The molecule has 0 radical (unpaired) electrons. The maximum Gasteiger partial charge on any atom is 0.0748 e. The van der Waals surface area contributed by atoms with Crippen molar-refractivity contribution in [1.29, 1.82) is 0 Å². The molecule has 1 unspecified atom stereocenters. The van der Waals surface area contributed by atoms with Crippen molar-refractivity contribution in [3.63, 3.8) is 0 Å². The molecule has 1 heteroatoms. The van der Waals surface area contributed by atoms with Gasteiger partial charge >= 0.3 is 0 Å². The highest BCUT2D eigenvalue weighted by Crippen LogP contribution is 2.60. The lowest BCUT2D eigenvalue weighted by Gasteiger charge is -2.50. The monoisotopic (exact) mass is 623 g/mol. The Labute approximate surface area is 285 Å². The molecule has 1 aromatic heterocycles. The fraction of sp³-hybridized carbons (Fsp3) is 0.0833. The molecule has 0 amide bonds. The lowest BCUT2D eigenvalue weighted by Crippen LogP contribution is -2.44. The van der Waals surface area contributed by atoms with Crippen molar-refractivity contribution < 1.29 is 0 Å². The van der Waals surface area contributed by atoms with E-state index in [-0.39, 0.29) is 5.41 Å². The predicted octanol–water partition coefficient (Wildman–Crippen LogP) is 12.1. The van der Waals surface area contributed by atoms with Crippen molar-refractivity contribution in [2.45, 2.75) is 24.7 Å². The Morgan fingerprint density at radius 1 is 0.388 bits per heavy atom. The molecule has 1 aliphatic heterocycles. The molecule has 2 aliphatic rings. The number of aromatic nitrogens is 1. The van der Waals surface area contributed by atoms with Crippen molar-refractivity contribution in [3.05, 3.63) is 197 Å². The molecule has 0 saturated heterocycles. The van der Waals surface area contributed by atoms with Crippen LogP contribution in [0.2, 0.25) is 0 Å². The summed E-state index contributed by atoms with van der Waals surface area (Å²) in [5.74, 6) is 0. The number of fused-ring (bicyclic) bond motifs is 14. The fourth-order valence-corrected chi connectivity index (χ4v) is 9.69. The van der Waals surface area contributed by atoms with Crippen LogP contribution in [0.15, 0.2) is 164 Å². The van der Waals surface area contributed by atoms with E-state index in [2.05, 4.69) is 182 Å². The van der Waals surface area contributed by atoms with Crippen LogP contribution in [0.5, 0.6) is 0 Å². The van der Waals surface area contributed by atoms with Crippen molar-refractivity contribution in [2.75, 3.05) is 0 Å². The average molecular weight is 624 g/mol. The summed E-state index contributed by atoms with van der Waals surface area (Å²) >= 11 is 0. The maximum absolute atomic E-state index is 2.53. The highest BCUT2D eigenvalue weighted by Gasteiger charge is 2.52. The van der Waals surface area contributed by atoms with E-state index in [1.165, 1.54) is 93.5 Å². The molecule has 11 rings (SSSR count). The van der Waals surface area contributed by atoms with E-state index in [9.17, 15) is 0 Å². The van der Waals surface area contributed by atoms with Gasteiger partial charge in [-0.1, -0.05) is 153 Å². The first-order valence-corrected chi connectivity index (χ1v) is 17.4.